The van der Waals surface area contributed by atoms with Gasteiger partial charge in [0.2, 0.25) is 11.8 Å². The van der Waals surface area contributed by atoms with Gasteiger partial charge in [0.1, 0.15) is 25.3 Å². The molecule has 4 amide bonds. The van der Waals surface area contributed by atoms with Gasteiger partial charge in [-0.15, -0.1) is 0 Å². The molecule has 0 unspecified atom stereocenters. The van der Waals surface area contributed by atoms with Crippen LogP contribution < -0.4 is 11.1 Å². The van der Waals surface area contributed by atoms with E-state index in [0.717, 1.165) is 20.5 Å². The Balaban J connectivity index is 0.879. The van der Waals surface area contributed by atoms with Crippen molar-refractivity contribution in [2.24, 2.45) is 0 Å². The van der Waals surface area contributed by atoms with E-state index in [1.54, 1.807) is 37.8 Å². The standard InChI is InChI=1S/C39H42N6O8S2/c1-39(2,53-38(51)43-20-16-41(17-21-43)33(46)24-44-35(48)29-10-6-7-11-31(29)54-44)23-28-12-13-32-30(22-28)36(49)45(55-32)25-34(47)40-14-18-42(19-15-40)37(50)52-26-27-8-4-3-5-9-27/h3-13,22H,14-21,23-26H2,1-2H3. The highest BCUT2D eigenvalue weighted by Crippen LogP contribution is 2.24. The van der Waals surface area contributed by atoms with Crippen molar-refractivity contribution in [2.75, 3.05) is 52.4 Å². The third kappa shape index (κ3) is 8.75. The third-order valence-corrected chi connectivity index (χ3v) is 11.9. The van der Waals surface area contributed by atoms with E-state index in [-0.39, 0.29) is 42.6 Å². The molecule has 2 aliphatic rings. The summed E-state index contributed by atoms with van der Waals surface area (Å²) in [5.41, 5.74) is 0.357. The highest BCUT2D eigenvalue weighted by atomic mass is 32.1. The predicted octanol–water partition coefficient (Wildman–Crippen LogP) is 4.22. The molecule has 2 aromatic heterocycles. The normalized spacial score (nSPS) is 15.1. The average Bonchev–Trinajstić information content (AvgIpc) is 3.67. The maximum atomic E-state index is 13.4. The van der Waals surface area contributed by atoms with Gasteiger partial charge < -0.3 is 29.1 Å². The zero-order valence-corrected chi connectivity index (χ0v) is 32.3. The number of nitrogens with zero attached hydrogens (tertiary/aromatic N) is 6. The summed E-state index contributed by atoms with van der Waals surface area (Å²) in [5.74, 6) is -0.373. The van der Waals surface area contributed by atoms with Crippen LogP contribution in [-0.2, 0) is 45.2 Å². The fraction of sp³-hybridized carbons (Fsp3) is 0.385. The van der Waals surface area contributed by atoms with Gasteiger partial charge in [0, 0.05) is 58.8 Å². The first-order chi connectivity index (χ1) is 26.4. The fourth-order valence-electron chi connectivity index (χ4n) is 6.82. The van der Waals surface area contributed by atoms with Gasteiger partial charge in [-0.1, -0.05) is 71.6 Å². The fourth-order valence-corrected chi connectivity index (χ4v) is 8.77. The molecule has 4 heterocycles. The van der Waals surface area contributed by atoms with Crippen LogP contribution in [0.15, 0.2) is 82.4 Å². The molecule has 0 bridgehead atoms. The first-order valence-electron chi connectivity index (χ1n) is 18.1. The number of ether oxygens (including phenoxy) is 2. The molecule has 0 aliphatic carbocycles. The van der Waals surface area contributed by atoms with Crippen LogP contribution >= 0.6 is 23.1 Å². The molecule has 0 saturated carbocycles. The largest absolute Gasteiger partial charge is 0.445 e. The van der Waals surface area contributed by atoms with Crippen molar-refractivity contribution in [1.82, 2.24) is 27.5 Å². The Morgan fingerprint density at radius 1 is 0.600 bits per heavy atom. The second-order valence-corrected chi connectivity index (χ2v) is 16.4. The Morgan fingerprint density at radius 2 is 1.11 bits per heavy atom. The minimum atomic E-state index is -0.902. The number of piperazine rings is 2. The van der Waals surface area contributed by atoms with E-state index in [2.05, 4.69) is 0 Å². The van der Waals surface area contributed by atoms with Gasteiger partial charge in [-0.2, -0.15) is 0 Å². The number of benzene rings is 3. The van der Waals surface area contributed by atoms with Gasteiger partial charge in [-0.3, -0.25) is 27.1 Å². The predicted molar refractivity (Wildman–Crippen MR) is 209 cm³/mol. The number of hydrogen-bond donors (Lipinski definition) is 0. The Kier molecular flexibility index (Phi) is 11.1. The van der Waals surface area contributed by atoms with Crippen molar-refractivity contribution < 1.29 is 28.7 Å². The number of carbonyl (C=O) groups excluding carboxylic acids is 4. The molecule has 0 radical (unpaired) electrons. The van der Waals surface area contributed by atoms with Gasteiger partial charge >= 0.3 is 12.2 Å². The monoisotopic (exact) mass is 786 g/mol. The molecule has 14 nitrogen and oxygen atoms in total. The van der Waals surface area contributed by atoms with Crippen molar-refractivity contribution in [3.05, 3.63) is 105 Å². The van der Waals surface area contributed by atoms with E-state index >= 15 is 0 Å². The maximum absolute atomic E-state index is 13.4. The average molecular weight is 787 g/mol. The molecule has 7 rings (SSSR count). The molecule has 0 spiro atoms. The van der Waals surface area contributed by atoms with Crippen molar-refractivity contribution in [2.45, 2.75) is 45.6 Å². The summed E-state index contributed by atoms with van der Waals surface area (Å²) in [5, 5.41) is 1.08. The number of amides is 4. The zero-order valence-electron chi connectivity index (χ0n) is 30.7. The Labute approximate surface area is 324 Å². The molecular weight excluding hydrogens is 745 g/mol. The van der Waals surface area contributed by atoms with Crippen LogP contribution in [0.4, 0.5) is 9.59 Å². The molecule has 55 heavy (non-hydrogen) atoms. The lowest BCUT2D eigenvalue weighted by Crippen LogP contribution is -2.52. The smallest absolute Gasteiger partial charge is 0.410 e. The van der Waals surface area contributed by atoms with E-state index in [0.29, 0.717) is 69.6 Å². The molecule has 2 saturated heterocycles. The van der Waals surface area contributed by atoms with Crippen molar-refractivity contribution in [3.63, 3.8) is 0 Å². The summed E-state index contributed by atoms with van der Waals surface area (Å²) < 4.78 is 15.8. The number of hydrogen-bond acceptors (Lipinski definition) is 10. The molecule has 5 aromatic rings. The SMILES string of the molecule is CC(C)(Cc1ccc2sn(CC(=O)N3CCN(C(=O)OCc4ccccc4)CC3)c(=O)c2c1)OC(=O)N1CCN(C(=O)Cn2sc3ccccc3c2=O)CC1. The Morgan fingerprint density at radius 3 is 1.71 bits per heavy atom. The summed E-state index contributed by atoms with van der Waals surface area (Å²) in [6.07, 6.45) is -0.555. The summed E-state index contributed by atoms with van der Waals surface area (Å²) in [4.78, 5) is 84.5. The topological polar surface area (TPSA) is 144 Å². The van der Waals surface area contributed by atoms with Crippen LogP contribution in [-0.4, -0.2) is 109 Å². The van der Waals surface area contributed by atoms with Gasteiger partial charge in [0.25, 0.3) is 11.1 Å². The molecular formula is C39H42N6O8S2. The van der Waals surface area contributed by atoms with Crippen LogP contribution in [0.5, 0.6) is 0 Å². The second-order valence-electron chi connectivity index (χ2n) is 14.3. The minimum absolute atomic E-state index is 0.0433. The van der Waals surface area contributed by atoms with Gasteiger partial charge in [0.05, 0.1) is 20.2 Å². The molecule has 2 fully saturated rings. The molecule has 16 heteroatoms. The summed E-state index contributed by atoms with van der Waals surface area (Å²) >= 11 is 2.49. The summed E-state index contributed by atoms with van der Waals surface area (Å²) in [6.45, 7) is 6.31. The quantitative estimate of drug-likeness (QED) is 0.216. The number of rotatable bonds is 9. The first-order valence-corrected chi connectivity index (χ1v) is 19.7. The van der Waals surface area contributed by atoms with Crippen molar-refractivity contribution in [3.8, 4) is 0 Å². The molecule has 2 aliphatic heterocycles. The lowest BCUT2D eigenvalue weighted by molar-refractivity contribution is -0.134. The number of aromatic nitrogens is 2. The van der Waals surface area contributed by atoms with E-state index in [4.69, 9.17) is 9.47 Å². The van der Waals surface area contributed by atoms with E-state index in [1.807, 2.05) is 68.4 Å². The van der Waals surface area contributed by atoms with Crippen LogP contribution in [0.3, 0.4) is 0 Å². The van der Waals surface area contributed by atoms with E-state index in [9.17, 15) is 28.8 Å². The van der Waals surface area contributed by atoms with Crippen LogP contribution in [0, 0.1) is 0 Å². The van der Waals surface area contributed by atoms with Crippen LogP contribution in [0.25, 0.3) is 20.2 Å². The molecule has 288 valence electrons. The zero-order chi connectivity index (χ0) is 38.7. The second kappa shape index (κ2) is 16.1. The minimum Gasteiger partial charge on any atom is -0.445 e. The highest BCUT2D eigenvalue weighted by molar-refractivity contribution is 7.14. The van der Waals surface area contributed by atoms with Crippen molar-refractivity contribution >= 4 is 67.2 Å². The lowest BCUT2D eigenvalue weighted by Gasteiger charge is -2.36. The molecule has 0 N–H and O–H groups in total. The van der Waals surface area contributed by atoms with Gasteiger partial charge in [-0.05, 0) is 49.2 Å². The molecule has 3 aromatic carbocycles. The summed E-state index contributed by atoms with van der Waals surface area (Å²) in [7, 11) is 0. The van der Waals surface area contributed by atoms with Crippen LogP contribution in [0.2, 0.25) is 0 Å². The highest BCUT2D eigenvalue weighted by Gasteiger charge is 2.31. The first kappa shape index (κ1) is 37.8. The third-order valence-electron chi connectivity index (χ3n) is 9.80. The van der Waals surface area contributed by atoms with Crippen LogP contribution in [0.1, 0.15) is 25.0 Å². The summed E-state index contributed by atoms with van der Waals surface area (Å²) in [6, 6.07) is 22.2. The maximum Gasteiger partial charge on any atom is 0.410 e. The number of carbonyl (C=O) groups is 4. The van der Waals surface area contributed by atoms with E-state index < -0.39 is 17.8 Å². The lowest BCUT2D eigenvalue weighted by atomic mass is 9.98. The van der Waals surface area contributed by atoms with Crippen molar-refractivity contribution in [1.29, 1.82) is 0 Å². The Hall–Kier alpha value is -5.48. The van der Waals surface area contributed by atoms with Gasteiger partial charge in [0.15, 0.2) is 0 Å². The number of fused-ring (bicyclic) bond motifs is 2. The van der Waals surface area contributed by atoms with E-state index in [1.165, 1.54) is 31.0 Å². The Bertz CT molecular complexity index is 2330. The van der Waals surface area contributed by atoms with Gasteiger partial charge in [-0.25, -0.2) is 9.59 Å². The molecule has 0 atom stereocenters.